The normalized spacial score (nSPS) is 15.7. The number of nitrogens with one attached hydrogen (secondary N) is 1. The number of piperidine rings is 1. The number of hydrogen-bond donors (Lipinski definition) is 2. The van der Waals surface area contributed by atoms with Gasteiger partial charge in [0, 0.05) is 25.2 Å². The van der Waals surface area contributed by atoms with Crippen molar-refractivity contribution in [1.29, 1.82) is 5.26 Å². The largest absolute Gasteiger partial charge is 0.393 e. The Balaban J connectivity index is 2.11. The third kappa shape index (κ3) is 4.22. The van der Waals surface area contributed by atoms with Crippen LogP contribution in [0.3, 0.4) is 0 Å². The fourth-order valence-electron chi connectivity index (χ4n) is 2.67. The Morgan fingerprint density at radius 1 is 1.45 bits per heavy atom. The van der Waals surface area contributed by atoms with Crippen LogP contribution in [0.25, 0.3) is 0 Å². The van der Waals surface area contributed by atoms with Gasteiger partial charge in [-0.3, -0.25) is 4.79 Å². The number of nitriles is 1. The molecule has 1 amide bonds. The van der Waals surface area contributed by atoms with E-state index in [4.69, 9.17) is 0 Å². The highest BCUT2D eigenvalue weighted by atomic mass is 16.3. The first-order valence-corrected chi connectivity index (χ1v) is 7.76. The maximum absolute atomic E-state index is 11.8. The van der Waals surface area contributed by atoms with Gasteiger partial charge in [-0.15, -0.1) is 0 Å². The van der Waals surface area contributed by atoms with Gasteiger partial charge in [-0.1, -0.05) is 13.8 Å². The molecule has 0 radical (unpaired) electrons. The number of carbonyl (C=O) groups excluding carboxylic acids is 1. The fraction of sp³-hybridized carbons (Fsp3) is 0.529. The number of nitrogens with zero attached hydrogens (tertiary/aromatic N) is 2. The summed E-state index contributed by atoms with van der Waals surface area (Å²) < 4.78 is 0. The molecule has 1 saturated heterocycles. The maximum Gasteiger partial charge on any atom is 0.224 e. The first-order valence-electron chi connectivity index (χ1n) is 7.76. The van der Waals surface area contributed by atoms with Crippen molar-refractivity contribution >= 4 is 17.3 Å². The summed E-state index contributed by atoms with van der Waals surface area (Å²) in [5.74, 6) is 0.266. The molecule has 5 nitrogen and oxygen atoms in total. The molecule has 0 aromatic heterocycles. The summed E-state index contributed by atoms with van der Waals surface area (Å²) >= 11 is 0. The molecule has 0 atom stereocenters. The van der Waals surface area contributed by atoms with Crippen LogP contribution in [-0.4, -0.2) is 30.2 Å². The fourth-order valence-corrected chi connectivity index (χ4v) is 2.67. The zero-order valence-corrected chi connectivity index (χ0v) is 13.2. The minimum Gasteiger partial charge on any atom is -0.393 e. The van der Waals surface area contributed by atoms with E-state index >= 15 is 0 Å². The minimum absolute atomic E-state index is 0.0345. The van der Waals surface area contributed by atoms with Gasteiger partial charge in [0.05, 0.1) is 17.4 Å². The van der Waals surface area contributed by atoms with Gasteiger partial charge in [-0.2, -0.15) is 5.26 Å². The van der Waals surface area contributed by atoms with E-state index in [1.54, 1.807) is 6.07 Å². The summed E-state index contributed by atoms with van der Waals surface area (Å²) in [6.07, 6.45) is 1.67. The Labute approximate surface area is 131 Å². The second-order valence-corrected chi connectivity index (χ2v) is 6.21. The van der Waals surface area contributed by atoms with Crippen molar-refractivity contribution in [2.45, 2.75) is 39.2 Å². The van der Waals surface area contributed by atoms with Crippen molar-refractivity contribution in [2.24, 2.45) is 5.92 Å². The van der Waals surface area contributed by atoms with Gasteiger partial charge in [-0.05, 0) is 37.0 Å². The van der Waals surface area contributed by atoms with Crippen molar-refractivity contribution < 1.29 is 9.90 Å². The molecule has 118 valence electrons. The molecule has 1 aliphatic heterocycles. The molecule has 1 aromatic carbocycles. The van der Waals surface area contributed by atoms with Gasteiger partial charge in [0.2, 0.25) is 5.91 Å². The van der Waals surface area contributed by atoms with Crippen LogP contribution < -0.4 is 10.2 Å². The lowest BCUT2D eigenvalue weighted by Gasteiger charge is -2.32. The first kappa shape index (κ1) is 16.3. The van der Waals surface area contributed by atoms with E-state index in [1.807, 2.05) is 26.0 Å². The number of aliphatic hydroxyl groups is 1. The van der Waals surface area contributed by atoms with Crippen LogP contribution in [0.2, 0.25) is 0 Å². The molecule has 2 rings (SSSR count). The standard InChI is InChI=1S/C17H23N3O2/c1-12(2)9-17(22)19-14-3-4-16(13(10-14)11-18)20-7-5-15(21)6-8-20/h3-4,10,12,15,21H,5-9H2,1-2H3,(H,19,22). The number of anilines is 2. The van der Waals surface area contributed by atoms with Crippen LogP contribution in [0.15, 0.2) is 18.2 Å². The van der Waals surface area contributed by atoms with Gasteiger partial charge in [0.1, 0.15) is 6.07 Å². The zero-order valence-electron chi connectivity index (χ0n) is 13.2. The Morgan fingerprint density at radius 3 is 2.73 bits per heavy atom. The van der Waals surface area contributed by atoms with Crippen molar-refractivity contribution in [3.05, 3.63) is 23.8 Å². The van der Waals surface area contributed by atoms with Crippen LogP contribution in [0, 0.1) is 17.2 Å². The highest BCUT2D eigenvalue weighted by Gasteiger charge is 2.19. The summed E-state index contributed by atoms with van der Waals surface area (Å²) in [7, 11) is 0. The molecule has 0 aliphatic carbocycles. The summed E-state index contributed by atoms with van der Waals surface area (Å²) in [5, 5.41) is 21.8. The predicted octanol–water partition coefficient (Wildman–Crippen LogP) is 2.50. The predicted molar refractivity (Wildman–Crippen MR) is 86.7 cm³/mol. The molecule has 1 aliphatic rings. The van der Waals surface area contributed by atoms with Crippen LogP contribution in [-0.2, 0) is 4.79 Å². The van der Waals surface area contributed by atoms with Crippen LogP contribution in [0.4, 0.5) is 11.4 Å². The summed E-state index contributed by atoms with van der Waals surface area (Å²) in [6, 6.07) is 7.63. The summed E-state index contributed by atoms with van der Waals surface area (Å²) in [6.45, 7) is 5.48. The smallest absolute Gasteiger partial charge is 0.224 e. The number of benzene rings is 1. The van der Waals surface area contributed by atoms with Gasteiger partial charge < -0.3 is 15.3 Å². The van der Waals surface area contributed by atoms with Crippen molar-refractivity contribution in [2.75, 3.05) is 23.3 Å². The third-order valence-corrected chi connectivity index (χ3v) is 3.80. The molecular weight excluding hydrogens is 278 g/mol. The number of aliphatic hydroxyl groups excluding tert-OH is 1. The Kier molecular flexibility index (Phi) is 5.40. The van der Waals surface area contributed by atoms with Gasteiger partial charge in [-0.25, -0.2) is 0 Å². The van der Waals surface area contributed by atoms with Gasteiger partial charge >= 0.3 is 0 Å². The second-order valence-electron chi connectivity index (χ2n) is 6.21. The highest BCUT2D eigenvalue weighted by molar-refractivity contribution is 5.91. The lowest BCUT2D eigenvalue weighted by Crippen LogP contribution is -2.36. The maximum atomic E-state index is 11.8. The van der Waals surface area contributed by atoms with E-state index < -0.39 is 0 Å². The lowest BCUT2D eigenvalue weighted by atomic mass is 10.0. The van der Waals surface area contributed by atoms with E-state index in [0.717, 1.165) is 31.6 Å². The molecule has 1 fully saturated rings. The molecule has 1 aromatic rings. The zero-order chi connectivity index (χ0) is 16.1. The average molecular weight is 301 g/mol. The van der Waals surface area contributed by atoms with E-state index in [-0.39, 0.29) is 12.0 Å². The number of carbonyl (C=O) groups is 1. The number of amides is 1. The van der Waals surface area contributed by atoms with Crippen molar-refractivity contribution in [1.82, 2.24) is 0 Å². The first-order chi connectivity index (χ1) is 10.5. The van der Waals surface area contributed by atoms with Crippen LogP contribution in [0.5, 0.6) is 0 Å². The van der Waals surface area contributed by atoms with E-state index in [0.29, 0.717) is 23.6 Å². The highest BCUT2D eigenvalue weighted by Crippen LogP contribution is 2.26. The molecule has 0 saturated carbocycles. The monoisotopic (exact) mass is 301 g/mol. The van der Waals surface area contributed by atoms with Crippen molar-refractivity contribution in [3.63, 3.8) is 0 Å². The average Bonchev–Trinajstić information content (AvgIpc) is 2.47. The van der Waals surface area contributed by atoms with E-state index in [2.05, 4.69) is 16.3 Å². The summed E-state index contributed by atoms with van der Waals surface area (Å²) in [5.41, 5.74) is 2.08. The molecule has 0 unspecified atom stereocenters. The van der Waals surface area contributed by atoms with Crippen LogP contribution in [0.1, 0.15) is 38.7 Å². The van der Waals surface area contributed by atoms with E-state index in [1.165, 1.54) is 0 Å². The Bertz CT molecular complexity index is 570. The Hall–Kier alpha value is -2.06. The number of rotatable bonds is 4. The molecular formula is C17H23N3O2. The quantitative estimate of drug-likeness (QED) is 0.896. The third-order valence-electron chi connectivity index (χ3n) is 3.80. The summed E-state index contributed by atoms with van der Waals surface area (Å²) in [4.78, 5) is 13.9. The SMILES string of the molecule is CC(C)CC(=O)Nc1ccc(N2CCC(O)CC2)c(C#N)c1. The van der Waals surface area contributed by atoms with Gasteiger partial charge in [0.25, 0.3) is 0 Å². The van der Waals surface area contributed by atoms with Crippen LogP contribution >= 0.6 is 0 Å². The molecule has 2 N–H and O–H groups in total. The number of hydrogen-bond acceptors (Lipinski definition) is 4. The minimum atomic E-state index is -0.239. The lowest BCUT2D eigenvalue weighted by molar-refractivity contribution is -0.116. The molecule has 1 heterocycles. The second kappa shape index (κ2) is 7.28. The molecule has 5 heteroatoms. The molecule has 0 spiro atoms. The van der Waals surface area contributed by atoms with E-state index in [9.17, 15) is 15.2 Å². The topological polar surface area (TPSA) is 76.4 Å². The van der Waals surface area contributed by atoms with Gasteiger partial charge in [0.15, 0.2) is 0 Å². The molecule has 0 bridgehead atoms. The molecule has 22 heavy (non-hydrogen) atoms. The Morgan fingerprint density at radius 2 is 2.14 bits per heavy atom. The van der Waals surface area contributed by atoms with Crippen molar-refractivity contribution in [3.8, 4) is 6.07 Å².